The molecule has 0 radical (unpaired) electrons. The number of hydrogen-bond acceptors (Lipinski definition) is 4. The number of rotatable bonds is 5. The van der Waals surface area contributed by atoms with E-state index in [1.54, 1.807) is 6.07 Å². The number of benzene rings is 1. The maximum Gasteiger partial charge on any atom is 0.274 e. The number of hydrogen-bond donors (Lipinski definition) is 1. The molecule has 1 saturated heterocycles. The largest absolute Gasteiger partial charge is 0.460 e. The third-order valence-electron chi connectivity index (χ3n) is 4.94. The summed E-state index contributed by atoms with van der Waals surface area (Å²) in [7, 11) is 0. The minimum absolute atomic E-state index is 0.0368. The van der Waals surface area contributed by atoms with Gasteiger partial charge in [-0.15, -0.1) is 0 Å². The van der Waals surface area contributed by atoms with Crippen molar-refractivity contribution < 1.29 is 9.21 Å². The Bertz CT molecular complexity index is 950. The van der Waals surface area contributed by atoms with E-state index in [1.807, 2.05) is 42.2 Å². The Hall–Kier alpha value is -3.12. The summed E-state index contributed by atoms with van der Waals surface area (Å²) in [5.74, 6) is 1.49. The molecule has 1 aromatic carbocycles. The molecule has 3 aromatic rings. The molecule has 0 bridgehead atoms. The van der Waals surface area contributed by atoms with Crippen molar-refractivity contribution in [1.29, 1.82) is 0 Å². The number of nitrogens with one attached hydrogen (secondary N) is 1. The summed E-state index contributed by atoms with van der Waals surface area (Å²) in [6.45, 7) is 5.92. The molecular weight excluding hydrogens is 352 g/mol. The van der Waals surface area contributed by atoms with Gasteiger partial charge < -0.3 is 9.32 Å². The summed E-state index contributed by atoms with van der Waals surface area (Å²) in [5, 5.41) is 7.07. The van der Waals surface area contributed by atoms with Crippen molar-refractivity contribution in [2.75, 3.05) is 32.7 Å². The Morgan fingerprint density at radius 3 is 2.64 bits per heavy atom. The van der Waals surface area contributed by atoms with Crippen molar-refractivity contribution >= 4 is 12.0 Å². The third-order valence-corrected chi connectivity index (χ3v) is 4.94. The first kappa shape index (κ1) is 18.3. The predicted molar refractivity (Wildman–Crippen MR) is 109 cm³/mol. The summed E-state index contributed by atoms with van der Waals surface area (Å²) in [6.07, 6.45) is 4.32. The van der Waals surface area contributed by atoms with Gasteiger partial charge in [-0.1, -0.05) is 42.5 Å². The molecule has 3 heterocycles. The molecule has 144 valence electrons. The van der Waals surface area contributed by atoms with Gasteiger partial charge in [0.15, 0.2) is 11.5 Å². The molecule has 1 N–H and O–H groups in total. The number of amides is 1. The van der Waals surface area contributed by atoms with Crippen LogP contribution in [0.4, 0.5) is 0 Å². The maximum absolute atomic E-state index is 12.7. The summed E-state index contributed by atoms with van der Waals surface area (Å²) in [5.41, 5.74) is 2.36. The Kier molecular flexibility index (Phi) is 5.39. The highest BCUT2D eigenvalue weighted by Crippen LogP contribution is 2.21. The fourth-order valence-corrected chi connectivity index (χ4v) is 3.33. The molecule has 4 rings (SSSR count). The van der Waals surface area contributed by atoms with Gasteiger partial charge in [-0.05, 0) is 24.6 Å². The summed E-state index contributed by atoms with van der Waals surface area (Å²) < 4.78 is 5.58. The van der Waals surface area contributed by atoms with Crippen LogP contribution in [0.25, 0.3) is 17.5 Å². The number of H-pyrrole nitrogens is 1. The molecule has 6 nitrogen and oxygen atoms in total. The lowest BCUT2D eigenvalue weighted by molar-refractivity contribution is 0.0644. The highest BCUT2D eigenvalue weighted by molar-refractivity contribution is 5.93. The van der Waals surface area contributed by atoms with Crippen LogP contribution in [0, 0.1) is 6.92 Å². The van der Waals surface area contributed by atoms with Crippen LogP contribution in [0.1, 0.15) is 21.8 Å². The molecule has 0 aliphatic carbocycles. The van der Waals surface area contributed by atoms with E-state index in [-0.39, 0.29) is 5.91 Å². The fourth-order valence-electron chi connectivity index (χ4n) is 3.33. The van der Waals surface area contributed by atoms with Crippen LogP contribution in [0.5, 0.6) is 0 Å². The normalized spacial score (nSPS) is 15.4. The quantitative estimate of drug-likeness (QED) is 0.741. The molecule has 1 aliphatic heterocycles. The van der Waals surface area contributed by atoms with E-state index in [2.05, 4.69) is 39.4 Å². The molecule has 0 atom stereocenters. The van der Waals surface area contributed by atoms with Gasteiger partial charge in [0.1, 0.15) is 11.5 Å². The lowest BCUT2D eigenvalue weighted by Crippen LogP contribution is -2.48. The second-order valence-corrected chi connectivity index (χ2v) is 6.98. The van der Waals surface area contributed by atoms with Gasteiger partial charge in [0.2, 0.25) is 0 Å². The monoisotopic (exact) mass is 376 g/mol. The first-order valence-electron chi connectivity index (χ1n) is 9.54. The third kappa shape index (κ3) is 4.23. The Morgan fingerprint density at radius 2 is 1.93 bits per heavy atom. The predicted octanol–water partition coefficient (Wildman–Crippen LogP) is 3.45. The van der Waals surface area contributed by atoms with Crippen molar-refractivity contribution in [3.05, 3.63) is 71.6 Å². The molecule has 1 fully saturated rings. The topological polar surface area (TPSA) is 65.4 Å². The first-order chi connectivity index (χ1) is 13.7. The zero-order valence-corrected chi connectivity index (χ0v) is 16.0. The highest BCUT2D eigenvalue weighted by atomic mass is 16.3. The fraction of sp³-hybridized carbons (Fsp3) is 0.273. The van der Waals surface area contributed by atoms with E-state index in [9.17, 15) is 4.79 Å². The summed E-state index contributed by atoms with van der Waals surface area (Å²) >= 11 is 0. The van der Waals surface area contributed by atoms with Crippen molar-refractivity contribution in [2.24, 2.45) is 0 Å². The van der Waals surface area contributed by atoms with Crippen LogP contribution >= 0.6 is 0 Å². The van der Waals surface area contributed by atoms with Crippen LogP contribution in [-0.4, -0.2) is 58.6 Å². The van der Waals surface area contributed by atoms with Crippen LogP contribution in [-0.2, 0) is 0 Å². The van der Waals surface area contributed by atoms with Gasteiger partial charge in [0.05, 0.1) is 0 Å². The molecular formula is C22H24N4O2. The van der Waals surface area contributed by atoms with Gasteiger partial charge in [0.25, 0.3) is 5.91 Å². The van der Waals surface area contributed by atoms with Gasteiger partial charge in [-0.2, -0.15) is 5.10 Å². The van der Waals surface area contributed by atoms with E-state index >= 15 is 0 Å². The highest BCUT2D eigenvalue weighted by Gasteiger charge is 2.23. The Labute approximate surface area is 164 Å². The molecule has 6 heteroatoms. The number of carbonyl (C=O) groups is 1. The molecule has 0 saturated carbocycles. The summed E-state index contributed by atoms with van der Waals surface area (Å²) in [6, 6.07) is 15.8. The van der Waals surface area contributed by atoms with Crippen molar-refractivity contribution in [3.63, 3.8) is 0 Å². The minimum atomic E-state index is -0.0368. The number of aromatic amines is 1. The van der Waals surface area contributed by atoms with Gasteiger partial charge in [0, 0.05) is 38.8 Å². The molecule has 0 spiro atoms. The number of piperazine rings is 1. The summed E-state index contributed by atoms with van der Waals surface area (Å²) in [4.78, 5) is 17.0. The Balaban J connectivity index is 1.29. The van der Waals surface area contributed by atoms with Crippen LogP contribution < -0.4 is 0 Å². The lowest BCUT2D eigenvalue weighted by Gasteiger charge is -2.33. The van der Waals surface area contributed by atoms with E-state index in [4.69, 9.17) is 4.42 Å². The zero-order valence-electron chi connectivity index (χ0n) is 16.0. The van der Waals surface area contributed by atoms with Crippen LogP contribution in [0.15, 0.2) is 59.0 Å². The first-order valence-corrected chi connectivity index (χ1v) is 9.54. The second kappa shape index (κ2) is 8.27. The van der Waals surface area contributed by atoms with Gasteiger partial charge in [-0.25, -0.2) is 0 Å². The smallest absolute Gasteiger partial charge is 0.274 e. The number of furan rings is 1. The van der Waals surface area contributed by atoms with E-state index in [0.717, 1.165) is 31.1 Å². The SMILES string of the molecule is Cc1ccc(-c2cc(C(=O)N3CCN(C/C=C/c4ccccc4)CC3)n[nH]2)o1. The van der Waals surface area contributed by atoms with E-state index in [1.165, 1.54) is 5.56 Å². The minimum Gasteiger partial charge on any atom is -0.460 e. The van der Waals surface area contributed by atoms with Crippen molar-refractivity contribution in [1.82, 2.24) is 20.0 Å². The number of aryl methyl sites for hydroxylation is 1. The van der Waals surface area contributed by atoms with E-state index in [0.29, 0.717) is 24.5 Å². The second-order valence-electron chi connectivity index (χ2n) is 6.98. The zero-order chi connectivity index (χ0) is 19.3. The van der Waals surface area contributed by atoms with E-state index < -0.39 is 0 Å². The van der Waals surface area contributed by atoms with Crippen LogP contribution in [0.3, 0.4) is 0 Å². The van der Waals surface area contributed by atoms with Crippen molar-refractivity contribution in [2.45, 2.75) is 6.92 Å². The average molecular weight is 376 g/mol. The number of aromatic nitrogens is 2. The molecule has 2 aromatic heterocycles. The molecule has 0 unspecified atom stereocenters. The maximum atomic E-state index is 12.7. The number of carbonyl (C=O) groups excluding carboxylic acids is 1. The van der Waals surface area contributed by atoms with Gasteiger partial charge >= 0.3 is 0 Å². The van der Waals surface area contributed by atoms with Gasteiger partial charge in [-0.3, -0.25) is 14.8 Å². The molecule has 1 amide bonds. The lowest BCUT2D eigenvalue weighted by atomic mass is 10.2. The molecule has 28 heavy (non-hydrogen) atoms. The standard InChI is InChI=1S/C22H24N4O2/c1-17-9-10-21(28-17)19-16-20(24-23-19)22(27)26-14-12-25(13-15-26)11-5-8-18-6-3-2-4-7-18/h2-10,16H,11-15H2,1H3,(H,23,24)/b8-5+. The average Bonchev–Trinajstić information content (AvgIpc) is 3.38. The number of nitrogens with zero attached hydrogens (tertiary/aromatic N) is 3. The Morgan fingerprint density at radius 1 is 1.14 bits per heavy atom. The molecule has 1 aliphatic rings. The van der Waals surface area contributed by atoms with Crippen molar-refractivity contribution in [3.8, 4) is 11.5 Å². The van der Waals surface area contributed by atoms with Crippen LogP contribution in [0.2, 0.25) is 0 Å².